The van der Waals surface area contributed by atoms with Gasteiger partial charge >= 0.3 is 12.1 Å². The van der Waals surface area contributed by atoms with E-state index in [2.05, 4.69) is 5.32 Å². The molecule has 0 atom stereocenters. The van der Waals surface area contributed by atoms with Crippen molar-refractivity contribution in [3.63, 3.8) is 0 Å². The number of nitrogens with zero attached hydrogens (tertiary/aromatic N) is 2. The van der Waals surface area contributed by atoms with Crippen molar-refractivity contribution in [2.45, 2.75) is 6.92 Å². The highest BCUT2D eigenvalue weighted by Gasteiger charge is 2.24. The Morgan fingerprint density at radius 1 is 1.09 bits per heavy atom. The summed E-state index contributed by atoms with van der Waals surface area (Å²) >= 11 is 0. The van der Waals surface area contributed by atoms with Gasteiger partial charge in [-0.3, -0.25) is 0 Å². The number of urea groups is 1. The first-order chi connectivity index (χ1) is 10.5. The van der Waals surface area contributed by atoms with Crippen molar-refractivity contribution in [3.8, 4) is 0 Å². The number of hydrogen-bond donors (Lipinski definition) is 1. The molecule has 1 aromatic carbocycles. The number of piperazine rings is 1. The fourth-order valence-electron chi connectivity index (χ4n) is 2.14. The van der Waals surface area contributed by atoms with E-state index in [9.17, 15) is 18.4 Å². The van der Waals surface area contributed by atoms with Crippen LogP contribution in [0.3, 0.4) is 0 Å². The summed E-state index contributed by atoms with van der Waals surface area (Å²) in [7, 11) is 0. The van der Waals surface area contributed by atoms with E-state index >= 15 is 0 Å². The van der Waals surface area contributed by atoms with Gasteiger partial charge in [0, 0.05) is 37.9 Å². The highest BCUT2D eigenvalue weighted by Crippen LogP contribution is 2.14. The third-order valence-corrected chi connectivity index (χ3v) is 3.21. The van der Waals surface area contributed by atoms with Gasteiger partial charge in [-0.15, -0.1) is 0 Å². The molecule has 1 aliphatic heterocycles. The van der Waals surface area contributed by atoms with Crippen LogP contribution in [-0.2, 0) is 4.74 Å². The second-order valence-corrected chi connectivity index (χ2v) is 4.76. The Bertz CT molecular complexity index is 540. The number of rotatable bonds is 2. The molecule has 0 spiro atoms. The molecule has 1 N–H and O–H groups in total. The van der Waals surface area contributed by atoms with Crippen LogP contribution in [0.1, 0.15) is 6.92 Å². The zero-order chi connectivity index (χ0) is 16.1. The zero-order valence-electron chi connectivity index (χ0n) is 12.1. The lowest BCUT2D eigenvalue weighted by Gasteiger charge is -2.33. The molecule has 0 radical (unpaired) electrons. The van der Waals surface area contributed by atoms with Crippen LogP contribution in [0.25, 0.3) is 0 Å². The normalized spacial score (nSPS) is 14.7. The second kappa shape index (κ2) is 7.06. The van der Waals surface area contributed by atoms with E-state index in [1.807, 2.05) is 0 Å². The van der Waals surface area contributed by atoms with Gasteiger partial charge in [0.1, 0.15) is 11.6 Å². The number of anilines is 1. The smallest absolute Gasteiger partial charge is 0.409 e. The van der Waals surface area contributed by atoms with Crippen LogP contribution in [0.5, 0.6) is 0 Å². The molecule has 0 bridgehead atoms. The number of benzene rings is 1. The van der Waals surface area contributed by atoms with E-state index in [1.54, 1.807) is 6.92 Å². The number of carbonyl (C=O) groups is 2. The van der Waals surface area contributed by atoms with Crippen LogP contribution in [0, 0.1) is 11.6 Å². The predicted molar refractivity (Wildman–Crippen MR) is 75.5 cm³/mol. The monoisotopic (exact) mass is 313 g/mol. The van der Waals surface area contributed by atoms with Gasteiger partial charge in [-0.25, -0.2) is 18.4 Å². The molecule has 0 aromatic heterocycles. The number of halogens is 2. The van der Waals surface area contributed by atoms with E-state index in [4.69, 9.17) is 4.74 Å². The Morgan fingerprint density at radius 3 is 2.18 bits per heavy atom. The van der Waals surface area contributed by atoms with Crippen LogP contribution in [-0.4, -0.2) is 54.7 Å². The maximum atomic E-state index is 13.1. The molecule has 0 saturated carbocycles. The molecule has 2 rings (SSSR count). The van der Waals surface area contributed by atoms with Crippen LogP contribution >= 0.6 is 0 Å². The molecule has 1 fully saturated rings. The molecule has 22 heavy (non-hydrogen) atoms. The highest BCUT2D eigenvalue weighted by atomic mass is 19.1. The fourth-order valence-corrected chi connectivity index (χ4v) is 2.14. The minimum Gasteiger partial charge on any atom is -0.450 e. The Kier molecular flexibility index (Phi) is 5.13. The minimum atomic E-state index is -0.762. The third kappa shape index (κ3) is 4.06. The largest absolute Gasteiger partial charge is 0.450 e. The maximum absolute atomic E-state index is 13.1. The van der Waals surface area contributed by atoms with Crippen molar-refractivity contribution in [1.29, 1.82) is 0 Å². The molecule has 3 amide bonds. The summed E-state index contributed by atoms with van der Waals surface area (Å²) in [6.07, 6.45) is -0.408. The van der Waals surface area contributed by atoms with Gasteiger partial charge < -0.3 is 19.9 Å². The molecular weight excluding hydrogens is 296 g/mol. The molecule has 0 aliphatic carbocycles. The quantitative estimate of drug-likeness (QED) is 0.911. The first-order valence-corrected chi connectivity index (χ1v) is 6.93. The lowest BCUT2D eigenvalue weighted by Crippen LogP contribution is -2.51. The van der Waals surface area contributed by atoms with Crippen LogP contribution in [0.4, 0.5) is 24.1 Å². The summed E-state index contributed by atoms with van der Waals surface area (Å²) in [6.45, 7) is 3.36. The van der Waals surface area contributed by atoms with Gasteiger partial charge in [0.05, 0.1) is 6.61 Å². The number of carbonyl (C=O) groups excluding carboxylic acids is 2. The standard InChI is InChI=1S/C14H17F2N3O3/c1-2-22-14(21)19-5-3-18(4-6-19)13(20)17-12-8-10(15)7-11(16)9-12/h7-9H,2-6H2,1H3,(H,17,20). The highest BCUT2D eigenvalue weighted by molar-refractivity contribution is 5.89. The first kappa shape index (κ1) is 16.0. The summed E-state index contributed by atoms with van der Waals surface area (Å²) < 4.78 is 31.0. The van der Waals surface area contributed by atoms with Crippen LogP contribution < -0.4 is 5.32 Å². The van der Waals surface area contributed by atoms with Crippen LogP contribution in [0.15, 0.2) is 18.2 Å². The third-order valence-electron chi connectivity index (χ3n) is 3.21. The average molecular weight is 313 g/mol. The molecule has 1 saturated heterocycles. The Balaban J connectivity index is 1.88. The fraction of sp³-hybridized carbons (Fsp3) is 0.429. The molecule has 1 aromatic rings. The van der Waals surface area contributed by atoms with E-state index in [0.29, 0.717) is 32.8 Å². The molecule has 120 valence electrons. The Morgan fingerprint density at radius 2 is 1.64 bits per heavy atom. The van der Waals surface area contributed by atoms with Gasteiger partial charge in [0.15, 0.2) is 0 Å². The topological polar surface area (TPSA) is 61.9 Å². The summed E-state index contributed by atoms with van der Waals surface area (Å²) in [5, 5.41) is 2.43. The number of amides is 3. The van der Waals surface area contributed by atoms with Crippen molar-refractivity contribution >= 4 is 17.8 Å². The lowest BCUT2D eigenvalue weighted by molar-refractivity contribution is 0.0868. The van der Waals surface area contributed by atoms with Crippen molar-refractivity contribution < 1.29 is 23.1 Å². The number of ether oxygens (including phenoxy) is 1. The van der Waals surface area contributed by atoms with E-state index in [0.717, 1.165) is 18.2 Å². The van der Waals surface area contributed by atoms with E-state index in [-0.39, 0.29) is 5.69 Å². The van der Waals surface area contributed by atoms with E-state index < -0.39 is 23.8 Å². The molecular formula is C14H17F2N3O3. The van der Waals surface area contributed by atoms with Gasteiger partial charge in [-0.1, -0.05) is 0 Å². The number of nitrogens with one attached hydrogen (secondary N) is 1. The molecule has 1 heterocycles. The summed E-state index contributed by atoms with van der Waals surface area (Å²) in [6, 6.07) is 2.34. The summed E-state index contributed by atoms with van der Waals surface area (Å²) in [5.41, 5.74) is 0.0512. The number of hydrogen-bond acceptors (Lipinski definition) is 3. The van der Waals surface area contributed by atoms with Crippen molar-refractivity contribution in [2.24, 2.45) is 0 Å². The molecule has 6 nitrogen and oxygen atoms in total. The molecule has 0 unspecified atom stereocenters. The van der Waals surface area contributed by atoms with Gasteiger partial charge in [-0.05, 0) is 19.1 Å². The van der Waals surface area contributed by atoms with Crippen LogP contribution in [0.2, 0.25) is 0 Å². The Hall–Kier alpha value is -2.38. The van der Waals surface area contributed by atoms with Crippen molar-refractivity contribution in [3.05, 3.63) is 29.8 Å². The average Bonchev–Trinajstić information content (AvgIpc) is 2.46. The summed E-state index contributed by atoms with van der Waals surface area (Å²) in [4.78, 5) is 26.5. The maximum Gasteiger partial charge on any atom is 0.409 e. The van der Waals surface area contributed by atoms with Gasteiger partial charge in [0.2, 0.25) is 0 Å². The van der Waals surface area contributed by atoms with Gasteiger partial charge in [0.25, 0.3) is 0 Å². The SMILES string of the molecule is CCOC(=O)N1CCN(C(=O)Nc2cc(F)cc(F)c2)CC1. The Labute approximate surface area is 126 Å². The second-order valence-electron chi connectivity index (χ2n) is 4.76. The van der Waals surface area contributed by atoms with E-state index in [1.165, 1.54) is 9.80 Å². The zero-order valence-corrected chi connectivity index (χ0v) is 12.1. The molecule has 1 aliphatic rings. The minimum absolute atomic E-state index is 0.0512. The van der Waals surface area contributed by atoms with Gasteiger partial charge in [-0.2, -0.15) is 0 Å². The van der Waals surface area contributed by atoms with Crippen molar-refractivity contribution in [1.82, 2.24) is 9.80 Å². The molecule has 8 heteroatoms. The lowest BCUT2D eigenvalue weighted by atomic mass is 10.3. The van der Waals surface area contributed by atoms with Crippen molar-refractivity contribution in [2.75, 3.05) is 38.1 Å². The predicted octanol–water partition coefficient (Wildman–Crippen LogP) is 2.27. The first-order valence-electron chi connectivity index (χ1n) is 6.93. The summed E-state index contributed by atoms with van der Waals surface area (Å²) in [5.74, 6) is -1.52.